The molecule has 0 fully saturated rings. The molecule has 70 valence electrons. The molecule has 0 aromatic carbocycles. The zero-order valence-electron chi connectivity index (χ0n) is 7.44. The Morgan fingerprint density at radius 2 is 1.83 bits per heavy atom. The lowest BCUT2D eigenvalue weighted by molar-refractivity contribution is -0.148. The Kier molecular flexibility index (Phi) is 3.69. The van der Waals surface area contributed by atoms with Gasteiger partial charge < -0.3 is 15.7 Å². The number of aliphatic carboxylic acids is 1. The molecule has 3 N–H and O–H groups in total. The van der Waals surface area contributed by atoms with Gasteiger partial charge in [0.15, 0.2) is 0 Å². The van der Waals surface area contributed by atoms with Crippen molar-refractivity contribution in [3.05, 3.63) is 0 Å². The maximum absolute atomic E-state index is 11.1. The van der Waals surface area contributed by atoms with Gasteiger partial charge in [0.2, 0.25) is 5.91 Å². The van der Waals surface area contributed by atoms with Gasteiger partial charge in [0.05, 0.1) is 6.04 Å². The molecule has 0 aliphatic heterocycles. The number of carbonyl (C=O) groups is 2. The molecule has 5 heteroatoms. The Balaban J connectivity index is 4.29. The highest BCUT2D eigenvalue weighted by Gasteiger charge is 2.23. The predicted octanol–water partition coefficient (Wildman–Crippen LogP) is -0.735. The standard InChI is InChI=1S/C7H14N2O3/c1-4(8)6(10)9(3)5(2)7(11)12/h4-5H,8H2,1-3H3,(H,11,12)/t4-,5-/m0/s1. The van der Waals surface area contributed by atoms with Gasteiger partial charge >= 0.3 is 5.97 Å². The van der Waals surface area contributed by atoms with Gasteiger partial charge in [0.1, 0.15) is 6.04 Å². The molecule has 0 bridgehead atoms. The summed E-state index contributed by atoms with van der Waals surface area (Å²) < 4.78 is 0. The van der Waals surface area contributed by atoms with E-state index in [1.165, 1.54) is 20.9 Å². The van der Waals surface area contributed by atoms with E-state index in [0.29, 0.717) is 0 Å². The number of likely N-dealkylation sites (N-methyl/N-ethyl adjacent to an activating group) is 1. The number of hydrogen-bond donors (Lipinski definition) is 2. The van der Waals surface area contributed by atoms with E-state index >= 15 is 0 Å². The second kappa shape index (κ2) is 4.06. The number of amides is 1. The summed E-state index contributed by atoms with van der Waals surface area (Å²) in [6, 6.07) is -1.49. The number of carboxylic acid groups (broad SMARTS) is 1. The monoisotopic (exact) mass is 174 g/mol. The fraction of sp³-hybridized carbons (Fsp3) is 0.714. The van der Waals surface area contributed by atoms with E-state index in [4.69, 9.17) is 10.8 Å². The molecule has 0 saturated carbocycles. The van der Waals surface area contributed by atoms with Crippen molar-refractivity contribution in [3.63, 3.8) is 0 Å². The highest BCUT2D eigenvalue weighted by atomic mass is 16.4. The Morgan fingerprint density at radius 1 is 1.42 bits per heavy atom. The molecule has 0 aromatic heterocycles. The molecule has 5 nitrogen and oxygen atoms in total. The summed E-state index contributed by atoms with van der Waals surface area (Å²) in [5, 5.41) is 8.55. The number of nitrogens with two attached hydrogens (primary N) is 1. The molecule has 2 atom stereocenters. The average molecular weight is 174 g/mol. The van der Waals surface area contributed by atoms with Crippen LogP contribution in [-0.2, 0) is 9.59 Å². The van der Waals surface area contributed by atoms with Crippen LogP contribution in [0.5, 0.6) is 0 Å². The van der Waals surface area contributed by atoms with Crippen molar-refractivity contribution >= 4 is 11.9 Å². The van der Waals surface area contributed by atoms with Gasteiger partial charge in [0.25, 0.3) is 0 Å². The van der Waals surface area contributed by atoms with Gasteiger partial charge in [-0.25, -0.2) is 4.79 Å². The number of carboxylic acids is 1. The van der Waals surface area contributed by atoms with E-state index in [1.807, 2.05) is 0 Å². The van der Waals surface area contributed by atoms with Gasteiger partial charge in [-0.05, 0) is 13.8 Å². The number of rotatable bonds is 3. The number of nitrogens with zero attached hydrogens (tertiary/aromatic N) is 1. The fourth-order valence-electron chi connectivity index (χ4n) is 0.678. The summed E-state index contributed by atoms with van der Waals surface area (Å²) in [6.45, 7) is 2.95. The minimum atomic E-state index is -1.04. The maximum Gasteiger partial charge on any atom is 0.326 e. The largest absolute Gasteiger partial charge is 0.480 e. The maximum atomic E-state index is 11.1. The zero-order valence-corrected chi connectivity index (χ0v) is 7.44. The van der Waals surface area contributed by atoms with Crippen molar-refractivity contribution in [1.82, 2.24) is 4.90 Å². The first kappa shape index (κ1) is 10.9. The highest BCUT2D eigenvalue weighted by Crippen LogP contribution is 1.97. The summed E-state index contributed by atoms with van der Waals surface area (Å²) in [5.74, 6) is -1.41. The van der Waals surface area contributed by atoms with Crippen molar-refractivity contribution < 1.29 is 14.7 Å². The molecular formula is C7H14N2O3. The van der Waals surface area contributed by atoms with Crippen LogP contribution in [0.2, 0.25) is 0 Å². The summed E-state index contributed by atoms with van der Waals surface area (Å²) in [6.07, 6.45) is 0. The van der Waals surface area contributed by atoms with E-state index in [9.17, 15) is 9.59 Å². The Morgan fingerprint density at radius 3 is 2.08 bits per heavy atom. The third-order valence-electron chi connectivity index (χ3n) is 1.68. The minimum Gasteiger partial charge on any atom is -0.480 e. The van der Waals surface area contributed by atoms with Crippen LogP contribution in [0.1, 0.15) is 13.8 Å². The smallest absolute Gasteiger partial charge is 0.326 e. The summed E-state index contributed by atoms with van der Waals surface area (Å²) in [5.41, 5.74) is 5.29. The highest BCUT2D eigenvalue weighted by molar-refractivity contribution is 5.86. The van der Waals surface area contributed by atoms with Crippen LogP contribution >= 0.6 is 0 Å². The van der Waals surface area contributed by atoms with E-state index in [-0.39, 0.29) is 5.91 Å². The first-order chi connectivity index (χ1) is 5.37. The lowest BCUT2D eigenvalue weighted by atomic mass is 10.2. The molecule has 0 unspecified atom stereocenters. The van der Waals surface area contributed by atoms with Gasteiger partial charge in [0, 0.05) is 7.05 Å². The molecule has 0 aromatic rings. The summed E-state index contributed by atoms with van der Waals surface area (Å²) >= 11 is 0. The molecule has 12 heavy (non-hydrogen) atoms. The van der Waals surface area contributed by atoms with Crippen molar-refractivity contribution in [3.8, 4) is 0 Å². The molecule has 0 heterocycles. The number of carbonyl (C=O) groups excluding carboxylic acids is 1. The second-order valence-electron chi connectivity index (χ2n) is 2.75. The minimum absolute atomic E-state index is 0.370. The van der Waals surface area contributed by atoms with E-state index in [0.717, 1.165) is 4.90 Å². The van der Waals surface area contributed by atoms with E-state index < -0.39 is 18.1 Å². The van der Waals surface area contributed by atoms with Crippen LogP contribution < -0.4 is 5.73 Å². The molecule has 0 spiro atoms. The van der Waals surface area contributed by atoms with Gasteiger partial charge in [-0.3, -0.25) is 4.79 Å². The summed E-state index contributed by atoms with van der Waals surface area (Å²) in [7, 11) is 1.42. The van der Waals surface area contributed by atoms with Crippen LogP contribution in [-0.4, -0.2) is 41.0 Å². The third-order valence-corrected chi connectivity index (χ3v) is 1.68. The number of hydrogen-bond acceptors (Lipinski definition) is 3. The Bertz CT molecular complexity index is 191. The predicted molar refractivity (Wildman–Crippen MR) is 43.5 cm³/mol. The Labute approximate surface area is 71.1 Å². The quantitative estimate of drug-likeness (QED) is 0.590. The van der Waals surface area contributed by atoms with Crippen LogP contribution in [0, 0.1) is 0 Å². The van der Waals surface area contributed by atoms with Crippen LogP contribution in [0.15, 0.2) is 0 Å². The average Bonchev–Trinajstić information content (AvgIpc) is 2.00. The van der Waals surface area contributed by atoms with Crippen molar-refractivity contribution in [2.45, 2.75) is 25.9 Å². The molecule has 0 saturated heterocycles. The molecule has 0 rings (SSSR count). The van der Waals surface area contributed by atoms with Crippen molar-refractivity contribution in [1.29, 1.82) is 0 Å². The molecule has 0 aliphatic rings. The van der Waals surface area contributed by atoms with E-state index in [1.54, 1.807) is 0 Å². The second-order valence-corrected chi connectivity index (χ2v) is 2.75. The SMILES string of the molecule is C[C@H](N)C(=O)N(C)[C@@H](C)C(=O)O. The normalized spacial score (nSPS) is 15.0. The lowest BCUT2D eigenvalue weighted by Crippen LogP contribution is -2.47. The van der Waals surface area contributed by atoms with Gasteiger partial charge in [-0.15, -0.1) is 0 Å². The van der Waals surface area contributed by atoms with Crippen LogP contribution in [0.25, 0.3) is 0 Å². The summed E-state index contributed by atoms with van der Waals surface area (Å²) in [4.78, 5) is 22.7. The Hall–Kier alpha value is -1.10. The molecular weight excluding hydrogens is 160 g/mol. The topological polar surface area (TPSA) is 83.6 Å². The first-order valence-electron chi connectivity index (χ1n) is 3.63. The van der Waals surface area contributed by atoms with E-state index in [2.05, 4.69) is 0 Å². The molecule has 0 radical (unpaired) electrons. The lowest BCUT2D eigenvalue weighted by Gasteiger charge is -2.22. The third kappa shape index (κ3) is 2.50. The van der Waals surface area contributed by atoms with Gasteiger partial charge in [-0.2, -0.15) is 0 Å². The van der Waals surface area contributed by atoms with Crippen molar-refractivity contribution in [2.24, 2.45) is 5.73 Å². The first-order valence-corrected chi connectivity index (χ1v) is 3.63. The van der Waals surface area contributed by atoms with Crippen LogP contribution in [0.3, 0.4) is 0 Å². The van der Waals surface area contributed by atoms with Crippen LogP contribution in [0.4, 0.5) is 0 Å². The zero-order chi connectivity index (χ0) is 9.89. The van der Waals surface area contributed by atoms with Crippen molar-refractivity contribution in [2.75, 3.05) is 7.05 Å². The fourth-order valence-corrected chi connectivity index (χ4v) is 0.678. The molecule has 0 aliphatic carbocycles. The molecule has 1 amide bonds. The van der Waals surface area contributed by atoms with Gasteiger partial charge in [-0.1, -0.05) is 0 Å².